The summed E-state index contributed by atoms with van der Waals surface area (Å²) >= 11 is 0. The number of rotatable bonds is 8. The second-order valence-corrected chi connectivity index (χ2v) is 9.29. The van der Waals surface area contributed by atoms with Gasteiger partial charge in [0.2, 0.25) is 5.91 Å². The van der Waals surface area contributed by atoms with Crippen LogP contribution in [0.1, 0.15) is 43.4 Å². The summed E-state index contributed by atoms with van der Waals surface area (Å²) in [7, 11) is 1.60. The van der Waals surface area contributed by atoms with E-state index in [2.05, 4.69) is 23.0 Å². The summed E-state index contributed by atoms with van der Waals surface area (Å²) in [5, 5.41) is 21.1. The molecular formula is C28H33N5O3. The maximum absolute atomic E-state index is 12.6. The van der Waals surface area contributed by atoms with Gasteiger partial charge >= 0.3 is 0 Å². The van der Waals surface area contributed by atoms with Crippen LogP contribution >= 0.6 is 0 Å². The van der Waals surface area contributed by atoms with E-state index in [-0.39, 0.29) is 11.9 Å². The number of hydrogen-bond acceptors (Lipinski definition) is 7. The number of carbonyl (C=O) groups excluding carboxylic acids is 1. The first-order chi connectivity index (χ1) is 17.5. The number of aromatic nitrogens is 1. The molecule has 188 valence electrons. The van der Waals surface area contributed by atoms with E-state index in [4.69, 9.17) is 9.72 Å². The van der Waals surface area contributed by atoms with Crippen molar-refractivity contribution in [2.45, 2.75) is 38.1 Å². The van der Waals surface area contributed by atoms with Crippen molar-refractivity contribution >= 4 is 24.0 Å². The minimum absolute atomic E-state index is 0.00694. The molecule has 2 N–H and O–H groups in total. The van der Waals surface area contributed by atoms with Crippen molar-refractivity contribution in [1.29, 1.82) is 5.26 Å². The maximum Gasteiger partial charge on any atom is 0.225 e. The van der Waals surface area contributed by atoms with Gasteiger partial charge in [0.25, 0.3) is 0 Å². The van der Waals surface area contributed by atoms with Crippen molar-refractivity contribution in [1.82, 2.24) is 15.4 Å². The molecule has 8 nitrogen and oxygen atoms in total. The molecular weight excluding hydrogens is 454 g/mol. The molecule has 0 radical (unpaired) electrons. The number of ether oxygens (including phenoxy) is 1. The van der Waals surface area contributed by atoms with Gasteiger partial charge in [0.05, 0.1) is 24.3 Å². The monoisotopic (exact) mass is 487 g/mol. The minimum Gasteiger partial charge on any atom is -0.384 e. The highest BCUT2D eigenvalue weighted by molar-refractivity contribution is 5.77. The second kappa shape index (κ2) is 11.4. The Hall–Kier alpha value is -3.67. The van der Waals surface area contributed by atoms with Crippen molar-refractivity contribution in [3.05, 3.63) is 58.6 Å². The Morgan fingerprint density at radius 2 is 2.17 bits per heavy atom. The Kier molecular flexibility index (Phi) is 8.04. The van der Waals surface area contributed by atoms with Gasteiger partial charge < -0.3 is 14.5 Å². The summed E-state index contributed by atoms with van der Waals surface area (Å²) in [5.74, 6) is 1.13. The standard InChI is InChI=1S/C28H33N5O3/c1-4-6-23-21(17-30-35)7-5-8-24(23)25-15-22(16-29)28(31-27(25)20-9-10-20)32-12-13-33(19(2)18-32)26(34)11-14-36-3/h4-8,15,17,19-20,30,35H,1,9-14,18H2,2-3H3/b21-17-,23-6+/t19-/m1/s1. The van der Waals surface area contributed by atoms with Crippen LogP contribution in [0.2, 0.25) is 0 Å². The molecule has 36 heavy (non-hydrogen) atoms. The summed E-state index contributed by atoms with van der Waals surface area (Å²) < 4.78 is 5.06. The van der Waals surface area contributed by atoms with Crippen LogP contribution < -0.4 is 20.8 Å². The topological polar surface area (TPSA) is 102 Å². The zero-order chi connectivity index (χ0) is 25.7. The van der Waals surface area contributed by atoms with E-state index in [1.807, 2.05) is 42.2 Å². The Labute approximate surface area is 211 Å². The number of piperazine rings is 1. The third-order valence-electron chi connectivity index (χ3n) is 6.82. The van der Waals surface area contributed by atoms with Gasteiger partial charge in [0.15, 0.2) is 0 Å². The van der Waals surface area contributed by atoms with Gasteiger partial charge in [-0.2, -0.15) is 5.26 Å². The molecule has 1 aromatic carbocycles. The molecule has 0 spiro atoms. The van der Waals surface area contributed by atoms with Crippen LogP contribution in [0.15, 0.2) is 36.9 Å². The number of amides is 1. The molecule has 1 saturated heterocycles. The molecule has 1 atom stereocenters. The summed E-state index contributed by atoms with van der Waals surface area (Å²) in [4.78, 5) is 21.7. The highest BCUT2D eigenvalue weighted by Crippen LogP contribution is 2.44. The lowest BCUT2D eigenvalue weighted by Gasteiger charge is -2.41. The number of allylic oxidation sites excluding steroid dienone is 1. The molecule has 1 aliphatic carbocycles. The summed E-state index contributed by atoms with van der Waals surface area (Å²) in [6.45, 7) is 8.12. The SMILES string of the molecule is C=C/C=c1/c(-c2cc(C#N)c(N3CCN(C(=O)CCOC)[C@H](C)C3)nc2C2CC2)ccc/c1=C/NO. The van der Waals surface area contributed by atoms with Crippen molar-refractivity contribution in [2.24, 2.45) is 0 Å². The Balaban J connectivity index is 1.75. The number of nitriles is 1. The molecule has 2 aliphatic rings. The molecule has 1 aliphatic heterocycles. The number of methoxy groups -OCH3 is 1. The third-order valence-corrected chi connectivity index (χ3v) is 6.82. The number of nitrogens with one attached hydrogen (secondary N) is 1. The first kappa shape index (κ1) is 25.4. The van der Waals surface area contributed by atoms with Gasteiger partial charge in [0.1, 0.15) is 11.9 Å². The number of benzene rings is 1. The van der Waals surface area contributed by atoms with E-state index in [0.29, 0.717) is 50.0 Å². The molecule has 2 heterocycles. The first-order valence-corrected chi connectivity index (χ1v) is 12.3. The average molecular weight is 488 g/mol. The minimum atomic E-state index is 0.00694. The summed E-state index contributed by atoms with van der Waals surface area (Å²) in [6.07, 6.45) is 7.64. The molecule has 2 fully saturated rings. The molecule has 8 heteroatoms. The van der Waals surface area contributed by atoms with Gasteiger partial charge in [0, 0.05) is 55.7 Å². The zero-order valence-electron chi connectivity index (χ0n) is 20.9. The van der Waals surface area contributed by atoms with Gasteiger partial charge in [-0.25, -0.2) is 4.98 Å². The van der Waals surface area contributed by atoms with Gasteiger partial charge in [-0.3, -0.25) is 15.5 Å². The fourth-order valence-corrected chi connectivity index (χ4v) is 4.90. The lowest BCUT2D eigenvalue weighted by molar-refractivity contribution is -0.134. The van der Waals surface area contributed by atoms with Crippen LogP contribution in [0.3, 0.4) is 0 Å². The maximum atomic E-state index is 12.6. The molecule has 0 bridgehead atoms. The van der Waals surface area contributed by atoms with Crippen molar-refractivity contribution in [3.63, 3.8) is 0 Å². The zero-order valence-corrected chi connectivity index (χ0v) is 20.9. The van der Waals surface area contributed by atoms with E-state index in [1.165, 1.54) is 6.20 Å². The Morgan fingerprint density at radius 3 is 2.81 bits per heavy atom. The number of nitrogens with zero attached hydrogens (tertiary/aromatic N) is 4. The fraction of sp³-hybridized carbons (Fsp3) is 0.393. The summed E-state index contributed by atoms with van der Waals surface area (Å²) in [5.41, 5.74) is 5.50. The number of carbonyl (C=O) groups is 1. The van der Waals surface area contributed by atoms with E-state index >= 15 is 0 Å². The van der Waals surface area contributed by atoms with E-state index in [1.54, 1.807) is 13.2 Å². The highest BCUT2D eigenvalue weighted by atomic mass is 16.5. The number of hydrogen-bond donors (Lipinski definition) is 2. The number of hydroxylamine groups is 1. The van der Waals surface area contributed by atoms with Crippen LogP contribution in [0.25, 0.3) is 23.4 Å². The quantitative estimate of drug-likeness (QED) is 0.551. The van der Waals surface area contributed by atoms with Gasteiger partial charge in [-0.15, -0.1) is 0 Å². The molecule has 0 unspecified atom stereocenters. The molecule has 1 amide bonds. The average Bonchev–Trinajstić information content (AvgIpc) is 3.73. The molecule has 1 saturated carbocycles. The Bertz CT molecular complexity index is 1300. The largest absolute Gasteiger partial charge is 0.384 e. The van der Waals surface area contributed by atoms with Crippen LogP contribution in [0.4, 0.5) is 5.82 Å². The van der Waals surface area contributed by atoms with Gasteiger partial charge in [-0.05, 0) is 36.6 Å². The lowest BCUT2D eigenvalue weighted by atomic mass is 9.96. The van der Waals surface area contributed by atoms with Crippen LogP contribution in [-0.2, 0) is 9.53 Å². The molecule has 4 rings (SSSR count). The predicted octanol–water partition coefficient (Wildman–Crippen LogP) is 2.25. The van der Waals surface area contributed by atoms with Crippen molar-refractivity contribution in [3.8, 4) is 17.2 Å². The highest BCUT2D eigenvalue weighted by Gasteiger charge is 2.33. The molecule has 2 aromatic rings. The lowest BCUT2D eigenvalue weighted by Crippen LogP contribution is -2.54. The van der Waals surface area contributed by atoms with Crippen molar-refractivity contribution < 1.29 is 14.7 Å². The van der Waals surface area contributed by atoms with Crippen LogP contribution in [-0.4, -0.2) is 60.4 Å². The number of anilines is 1. The van der Waals surface area contributed by atoms with Crippen molar-refractivity contribution in [2.75, 3.05) is 38.3 Å². The number of pyridine rings is 1. The predicted molar refractivity (Wildman–Crippen MR) is 140 cm³/mol. The van der Waals surface area contributed by atoms with E-state index in [0.717, 1.165) is 40.1 Å². The third kappa shape index (κ3) is 5.27. The van der Waals surface area contributed by atoms with E-state index in [9.17, 15) is 15.3 Å². The second-order valence-electron chi connectivity index (χ2n) is 9.29. The van der Waals surface area contributed by atoms with Crippen LogP contribution in [0.5, 0.6) is 0 Å². The van der Waals surface area contributed by atoms with Crippen LogP contribution in [0, 0.1) is 11.3 Å². The molecule has 1 aromatic heterocycles. The fourth-order valence-electron chi connectivity index (χ4n) is 4.90. The Morgan fingerprint density at radius 1 is 1.36 bits per heavy atom. The van der Waals surface area contributed by atoms with E-state index < -0.39 is 0 Å². The normalized spacial score (nSPS) is 18.8. The van der Waals surface area contributed by atoms with Gasteiger partial charge in [-0.1, -0.05) is 36.9 Å². The smallest absolute Gasteiger partial charge is 0.225 e. The first-order valence-electron chi connectivity index (χ1n) is 12.3. The summed E-state index contributed by atoms with van der Waals surface area (Å²) in [6, 6.07) is 10.2.